The maximum Gasteiger partial charge on any atom is 0.271 e. The van der Waals surface area contributed by atoms with Crippen molar-refractivity contribution in [1.29, 1.82) is 0 Å². The van der Waals surface area contributed by atoms with Gasteiger partial charge in [0.25, 0.3) is 5.91 Å². The van der Waals surface area contributed by atoms with Crippen LogP contribution in [0.1, 0.15) is 35.2 Å². The van der Waals surface area contributed by atoms with Crippen molar-refractivity contribution in [2.24, 2.45) is 5.10 Å². The largest absolute Gasteiger partial charge is 0.497 e. The lowest BCUT2D eigenvalue weighted by atomic mass is 10.1. The van der Waals surface area contributed by atoms with E-state index in [2.05, 4.69) is 27.6 Å². The van der Waals surface area contributed by atoms with Gasteiger partial charge in [0.15, 0.2) is 0 Å². The number of amides is 1. The Kier molecular flexibility index (Phi) is 5.67. The third kappa shape index (κ3) is 4.59. The highest BCUT2D eigenvalue weighted by molar-refractivity contribution is 5.95. The van der Waals surface area contributed by atoms with Gasteiger partial charge >= 0.3 is 0 Å². The second kappa shape index (κ2) is 8.33. The van der Waals surface area contributed by atoms with Crippen LogP contribution in [0.15, 0.2) is 53.6 Å². The molecule has 1 amide bonds. The van der Waals surface area contributed by atoms with E-state index in [1.165, 1.54) is 24.9 Å². The summed E-state index contributed by atoms with van der Waals surface area (Å²) >= 11 is 0. The van der Waals surface area contributed by atoms with Gasteiger partial charge in [0.2, 0.25) is 0 Å². The maximum atomic E-state index is 12.1. The molecule has 130 valence electrons. The molecule has 2 aromatic carbocycles. The molecule has 0 saturated carbocycles. The first-order chi connectivity index (χ1) is 12.3. The van der Waals surface area contributed by atoms with Gasteiger partial charge in [-0.15, -0.1) is 0 Å². The zero-order valence-corrected chi connectivity index (χ0v) is 14.4. The fourth-order valence-corrected chi connectivity index (χ4v) is 2.92. The SMILES string of the molecule is COc1cccc(C(=O)NN=Cc2ccc(N3CCCCC3)cc2)c1. The van der Waals surface area contributed by atoms with Crippen molar-refractivity contribution < 1.29 is 9.53 Å². The zero-order chi connectivity index (χ0) is 17.5. The number of anilines is 1. The average molecular weight is 337 g/mol. The summed E-state index contributed by atoms with van der Waals surface area (Å²) < 4.78 is 5.12. The van der Waals surface area contributed by atoms with Gasteiger partial charge in [-0.25, -0.2) is 5.43 Å². The Hall–Kier alpha value is -2.82. The lowest BCUT2D eigenvalue weighted by molar-refractivity contribution is 0.0955. The highest BCUT2D eigenvalue weighted by Crippen LogP contribution is 2.19. The first-order valence-electron chi connectivity index (χ1n) is 8.59. The van der Waals surface area contributed by atoms with Crippen LogP contribution in [0.4, 0.5) is 5.69 Å². The molecule has 3 rings (SSSR count). The molecule has 2 aromatic rings. The smallest absolute Gasteiger partial charge is 0.271 e. The van der Waals surface area contributed by atoms with Crippen LogP contribution >= 0.6 is 0 Å². The Labute approximate surface area is 148 Å². The summed E-state index contributed by atoms with van der Waals surface area (Å²) in [6.45, 7) is 2.26. The summed E-state index contributed by atoms with van der Waals surface area (Å²) in [5.74, 6) is 0.380. The summed E-state index contributed by atoms with van der Waals surface area (Å²) in [5, 5.41) is 4.04. The average Bonchev–Trinajstić information content (AvgIpc) is 2.69. The molecule has 5 nitrogen and oxygen atoms in total. The Morgan fingerprint density at radius 1 is 1.12 bits per heavy atom. The van der Waals surface area contributed by atoms with Crippen molar-refractivity contribution in [3.63, 3.8) is 0 Å². The van der Waals surface area contributed by atoms with Gasteiger partial charge in [-0.1, -0.05) is 18.2 Å². The summed E-state index contributed by atoms with van der Waals surface area (Å²) in [6.07, 6.45) is 5.51. The van der Waals surface area contributed by atoms with E-state index in [9.17, 15) is 4.79 Å². The number of hydrazone groups is 1. The Bertz CT molecular complexity index is 735. The molecule has 1 aliphatic rings. The third-order valence-corrected chi connectivity index (χ3v) is 4.33. The molecule has 0 aliphatic carbocycles. The van der Waals surface area contributed by atoms with Gasteiger partial charge in [0.1, 0.15) is 5.75 Å². The van der Waals surface area contributed by atoms with Crippen LogP contribution in [-0.4, -0.2) is 32.3 Å². The molecule has 1 fully saturated rings. The summed E-state index contributed by atoms with van der Waals surface area (Å²) in [4.78, 5) is 14.5. The van der Waals surface area contributed by atoms with Crippen molar-refractivity contribution in [3.8, 4) is 5.75 Å². The normalized spacial score (nSPS) is 14.5. The molecule has 0 bridgehead atoms. The third-order valence-electron chi connectivity index (χ3n) is 4.33. The summed E-state index contributed by atoms with van der Waals surface area (Å²) in [5.41, 5.74) is 5.25. The molecule has 5 heteroatoms. The van der Waals surface area contributed by atoms with E-state index >= 15 is 0 Å². The minimum atomic E-state index is -0.264. The molecule has 0 aromatic heterocycles. The van der Waals surface area contributed by atoms with E-state index in [4.69, 9.17) is 4.74 Å². The lowest BCUT2D eigenvalue weighted by Crippen LogP contribution is -2.29. The van der Waals surface area contributed by atoms with Gasteiger partial charge in [0.05, 0.1) is 13.3 Å². The monoisotopic (exact) mass is 337 g/mol. The molecule has 1 aliphatic heterocycles. The van der Waals surface area contributed by atoms with Gasteiger partial charge < -0.3 is 9.64 Å². The fraction of sp³-hybridized carbons (Fsp3) is 0.300. The molecule has 25 heavy (non-hydrogen) atoms. The minimum absolute atomic E-state index is 0.264. The van der Waals surface area contributed by atoms with E-state index in [0.717, 1.165) is 18.7 Å². The van der Waals surface area contributed by atoms with Crippen molar-refractivity contribution in [3.05, 3.63) is 59.7 Å². The van der Waals surface area contributed by atoms with Gasteiger partial charge in [0, 0.05) is 24.3 Å². The quantitative estimate of drug-likeness (QED) is 0.671. The second-order valence-corrected chi connectivity index (χ2v) is 6.07. The van der Waals surface area contributed by atoms with Crippen LogP contribution in [0.5, 0.6) is 5.75 Å². The predicted octanol–water partition coefficient (Wildman–Crippen LogP) is 3.45. The van der Waals surface area contributed by atoms with Crippen molar-refractivity contribution >= 4 is 17.8 Å². The van der Waals surface area contributed by atoms with Gasteiger partial charge in [-0.2, -0.15) is 5.10 Å². The predicted molar refractivity (Wildman–Crippen MR) is 101 cm³/mol. The van der Waals surface area contributed by atoms with E-state index in [0.29, 0.717) is 11.3 Å². The highest BCUT2D eigenvalue weighted by Gasteiger charge is 2.10. The molecule has 1 heterocycles. The Morgan fingerprint density at radius 2 is 1.88 bits per heavy atom. The fourth-order valence-electron chi connectivity index (χ4n) is 2.92. The molecule has 0 unspecified atom stereocenters. The maximum absolute atomic E-state index is 12.1. The van der Waals surface area contributed by atoms with Crippen LogP contribution in [-0.2, 0) is 0 Å². The number of hydrogen-bond acceptors (Lipinski definition) is 4. The van der Waals surface area contributed by atoms with E-state index in [1.54, 1.807) is 37.6 Å². The molecule has 0 spiro atoms. The Balaban J connectivity index is 1.57. The van der Waals surface area contributed by atoms with Crippen LogP contribution in [0.25, 0.3) is 0 Å². The summed E-state index contributed by atoms with van der Waals surface area (Å²) in [7, 11) is 1.57. The molecule has 1 N–H and O–H groups in total. The van der Waals surface area contributed by atoms with Crippen LogP contribution < -0.4 is 15.1 Å². The highest BCUT2D eigenvalue weighted by atomic mass is 16.5. The lowest BCUT2D eigenvalue weighted by Gasteiger charge is -2.28. The zero-order valence-electron chi connectivity index (χ0n) is 14.4. The molecular formula is C20H23N3O2. The van der Waals surface area contributed by atoms with Crippen molar-refractivity contribution in [2.45, 2.75) is 19.3 Å². The van der Waals surface area contributed by atoms with Crippen LogP contribution in [0.3, 0.4) is 0 Å². The van der Waals surface area contributed by atoms with Crippen molar-refractivity contribution in [1.82, 2.24) is 5.43 Å². The standard InChI is InChI=1S/C20H23N3O2/c1-25-19-7-5-6-17(14-19)20(24)22-21-15-16-8-10-18(11-9-16)23-12-3-2-4-13-23/h5-11,14-15H,2-4,12-13H2,1H3,(H,22,24). The van der Waals surface area contributed by atoms with Crippen molar-refractivity contribution in [2.75, 3.05) is 25.1 Å². The number of ether oxygens (including phenoxy) is 1. The number of rotatable bonds is 5. The first kappa shape index (κ1) is 17.0. The Morgan fingerprint density at radius 3 is 2.60 bits per heavy atom. The van der Waals surface area contributed by atoms with Crippen LogP contribution in [0.2, 0.25) is 0 Å². The number of nitrogens with zero attached hydrogens (tertiary/aromatic N) is 2. The number of hydrogen-bond donors (Lipinski definition) is 1. The number of carbonyl (C=O) groups excluding carboxylic acids is 1. The van der Waals surface area contributed by atoms with E-state index in [-0.39, 0.29) is 5.91 Å². The number of methoxy groups -OCH3 is 1. The molecular weight excluding hydrogens is 314 g/mol. The molecule has 0 atom stereocenters. The number of piperidine rings is 1. The van der Waals surface area contributed by atoms with Gasteiger partial charge in [-0.3, -0.25) is 4.79 Å². The molecule has 1 saturated heterocycles. The summed E-state index contributed by atoms with van der Waals surface area (Å²) in [6, 6.07) is 15.2. The first-order valence-corrected chi connectivity index (χ1v) is 8.59. The van der Waals surface area contributed by atoms with E-state index < -0.39 is 0 Å². The van der Waals surface area contributed by atoms with Crippen LogP contribution in [0, 0.1) is 0 Å². The minimum Gasteiger partial charge on any atom is -0.497 e. The number of carbonyl (C=O) groups is 1. The number of nitrogens with one attached hydrogen (secondary N) is 1. The molecule has 0 radical (unpaired) electrons. The topological polar surface area (TPSA) is 53.9 Å². The second-order valence-electron chi connectivity index (χ2n) is 6.07. The number of benzene rings is 2. The van der Waals surface area contributed by atoms with E-state index in [1.807, 2.05) is 12.1 Å². The van der Waals surface area contributed by atoms with Gasteiger partial charge in [-0.05, 0) is 55.2 Å².